The van der Waals surface area contributed by atoms with Crippen molar-refractivity contribution in [1.82, 2.24) is 24.5 Å². The van der Waals surface area contributed by atoms with Crippen molar-refractivity contribution >= 4 is 5.82 Å². The molecule has 22 heavy (non-hydrogen) atoms. The van der Waals surface area contributed by atoms with E-state index in [1.807, 2.05) is 0 Å². The maximum atomic E-state index is 12.1. The van der Waals surface area contributed by atoms with Crippen LogP contribution in [0.1, 0.15) is 13.2 Å². The van der Waals surface area contributed by atoms with E-state index >= 15 is 0 Å². The van der Waals surface area contributed by atoms with E-state index in [1.165, 1.54) is 27.7 Å². The van der Waals surface area contributed by atoms with E-state index in [4.69, 9.17) is 10.5 Å². The lowest BCUT2D eigenvalue weighted by molar-refractivity contribution is -0.0545. The summed E-state index contributed by atoms with van der Waals surface area (Å²) in [5, 5.41) is 27.5. The van der Waals surface area contributed by atoms with Crippen LogP contribution in [0.5, 0.6) is 0 Å². The van der Waals surface area contributed by atoms with Crippen LogP contribution in [0, 0.1) is 0 Å². The van der Waals surface area contributed by atoms with Crippen LogP contribution in [0.3, 0.4) is 0 Å². The zero-order chi connectivity index (χ0) is 15.9. The molecule has 1 aliphatic rings. The van der Waals surface area contributed by atoms with Gasteiger partial charge in [0.2, 0.25) is 0 Å². The highest BCUT2D eigenvalue weighted by Gasteiger charge is 2.56. The molecule has 1 fully saturated rings. The predicted molar refractivity (Wildman–Crippen MR) is 73.6 cm³/mol. The topological polar surface area (TPSA) is 141 Å². The summed E-state index contributed by atoms with van der Waals surface area (Å²) in [7, 11) is 0. The molecule has 1 saturated heterocycles. The number of aromatic nitrogens is 5. The Balaban J connectivity index is 2.13. The fourth-order valence-electron chi connectivity index (χ4n) is 2.71. The van der Waals surface area contributed by atoms with Gasteiger partial charge in [-0.15, -0.1) is 5.10 Å². The summed E-state index contributed by atoms with van der Waals surface area (Å²) in [4.78, 5) is 15.7. The van der Waals surface area contributed by atoms with E-state index in [9.17, 15) is 15.0 Å². The standard InChI is InChI=1S/C12H16N6O4/c1-12(18-5-3-14-16-18)9(20)7(6-19)22-10(12)17-4-2-8(13)15-11(17)21/h2-5,7,9-10,19-20H,6H2,1H3,(H2,13,15,21)/t7-,9-,10?,12-/m1/s1. The highest BCUT2D eigenvalue weighted by Crippen LogP contribution is 2.42. The second-order valence-electron chi connectivity index (χ2n) is 5.27. The van der Waals surface area contributed by atoms with Gasteiger partial charge in [0.25, 0.3) is 0 Å². The maximum absolute atomic E-state index is 12.1. The minimum Gasteiger partial charge on any atom is -0.394 e. The van der Waals surface area contributed by atoms with Crippen molar-refractivity contribution in [3.05, 3.63) is 35.1 Å². The molecule has 0 radical (unpaired) electrons. The number of nitrogen functional groups attached to an aromatic ring is 1. The van der Waals surface area contributed by atoms with Crippen LogP contribution in [0.2, 0.25) is 0 Å². The lowest BCUT2D eigenvalue weighted by atomic mass is 9.92. The highest BCUT2D eigenvalue weighted by atomic mass is 16.5. The first-order chi connectivity index (χ1) is 10.5. The molecular weight excluding hydrogens is 292 g/mol. The van der Waals surface area contributed by atoms with Crippen LogP contribution in [0.25, 0.3) is 0 Å². The largest absolute Gasteiger partial charge is 0.394 e. The normalized spacial score (nSPS) is 31.5. The van der Waals surface area contributed by atoms with Crippen molar-refractivity contribution < 1.29 is 14.9 Å². The first kappa shape index (κ1) is 14.6. The molecule has 0 aliphatic carbocycles. The van der Waals surface area contributed by atoms with Crippen LogP contribution in [0.15, 0.2) is 29.5 Å². The zero-order valence-electron chi connectivity index (χ0n) is 11.8. The average molecular weight is 308 g/mol. The van der Waals surface area contributed by atoms with E-state index in [2.05, 4.69) is 15.3 Å². The summed E-state index contributed by atoms with van der Waals surface area (Å²) in [5.41, 5.74) is 3.72. The summed E-state index contributed by atoms with van der Waals surface area (Å²) in [6, 6.07) is 1.45. The van der Waals surface area contributed by atoms with Gasteiger partial charge in [-0.1, -0.05) is 5.21 Å². The number of nitrogens with zero attached hydrogens (tertiary/aromatic N) is 5. The van der Waals surface area contributed by atoms with Gasteiger partial charge in [0, 0.05) is 12.4 Å². The molecule has 4 N–H and O–H groups in total. The van der Waals surface area contributed by atoms with Crippen molar-refractivity contribution in [3.63, 3.8) is 0 Å². The first-order valence-electron chi connectivity index (χ1n) is 6.64. The molecule has 0 saturated carbocycles. The van der Waals surface area contributed by atoms with Crippen LogP contribution in [-0.4, -0.2) is 53.6 Å². The first-order valence-corrected chi connectivity index (χ1v) is 6.64. The summed E-state index contributed by atoms with van der Waals surface area (Å²) < 4.78 is 8.27. The number of nitrogens with two attached hydrogens (primary N) is 1. The minimum absolute atomic E-state index is 0.0842. The lowest BCUT2D eigenvalue weighted by Crippen LogP contribution is -2.48. The molecule has 4 atom stereocenters. The molecule has 2 aromatic heterocycles. The molecule has 0 amide bonds. The fourth-order valence-corrected chi connectivity index (χ4v) is 2.71. The van der Waals surface area contributed by atoms with Crippen LogP contribution >= 0.6 is 0 Å². The molecule has 10 heteroatoms. The summed E-state index contributed by atoms with van der Waals surface area (Å²) >= 11 is 0. The Hall–Kier alpha value is -2.30. The number of hydrogen-bond acceptors (Lipinski definition) is 8. The number of rotatable bonds is 3. The third-order valence-electron chi connectivity index (χ3n) is 3.95. The molecule has 2 aromatic rings. The van der Waals surface area contributed by atoms with Crippen LogP contribution < -0.4 is 11.4 Å². The second-order valence-corrected chi connectivity index (χ2v) is 5.27. The van der Waals surface area contributed by atoms with Gasteiger partial charge in [-0.2, -0.15) is 4.98 Å². The molecular formula is C12H16N6O4. The van der Waals surface area contributed by atoms with Gasteiger partial charge in [-0.05, 0) is 13.0 Å². The Morgan fingerprint density at radius 2 is 2.27 bits per heavy atom. The smallest absolute Gasteiger partial charge is 0.351 e. The van der Waals surface area contributed by atoms with Crippen molar-refractivity contribution in [2.45, 2.75) is 30.9 Å². The van der Waals surface area contributed by atoms with Gasteiger partial charge in [0.05, 0.1) is 12.8 Å². The molecule has 3 heterocycles. The van der Waals surface area contributed by atoms with E-state index in [1.54, 1.807) is 13.1 Å². The van der Waals surface area contributed by atoms with Crippen molar-refractivity contribution in [1.29, 1.82) is 0 Å². The predicted octanol–water partition coefficient (Wildman–Crippen LogP) is -1.92. The van der Waals surface area contributed by atoms with E-state index in [-0.39, 0.29) is 5.82 Å². The second kappa shape index (κ2) is 5.16. The SMILES string of the molecule is C[C@]1(n2ccnn2)C(n2ccc(N)nc2=O)O[C@H](CO)[C@H]1O. The molecule has 0 aromatic carbocycles. The van der Waals surface area contributed by atoms with E-state index < -0.39 is 36.3 Å². The van der Waals surface area contributed by atoms with Gasteiger partial charge in [0.1, 0.15) is 23.6 Å². The number of anilines is 1. The number of aliphatic hydroxyl groups excluding tert-OH is 2. The van der Waals surface area contributed by atoms with Gasteiger partial charge in [-0.25, -0.2) is 9.48 Å². The van der Waals surface area contributed by atoms with Crippen molar-refractivity contribution in [2.75, 3.05) is 12.3 Å². The van der Waals surface area contributed by atoms with Crippen molar-refractivity contribution in [2.24, 2.45) is 0 Å². The number of hydrogen-bond donors (Lipinski definition) is 3. The van der Waals surface area contributed by atoms with E-state index in [0.29, 0.717) is 0 Å². The monoisotopic (exact) mass is 308 g/mol. The minimum atomic E-state index is -1.15. The third kappa shape index (κ3) is 2.00. The lowest BCUT2D eigenvalue weighted by Gasteiger charge is -2.32. The molecule has 1 unspecified atom stereocenters. The average Bonchev–Trinajstić information content (AvgIpc) is 3.10. The van der Waals surface area contributed by atoms with Gasteiger partial charge < -0.3 is 20.7 Å². The summed E-state index contributed by atoms with van der Waals surface area (Å²) in [5.74, 6) is 0.0842. The Morgan fingerprint density at radius 3 is 2.86 bits per heavy atom. The summed E-state index contributed by atoms with van der Waals surface area (Å²) in [6.45, 7) is 1.26. The van der Waals surface area contributed by atoms with Crippen LogP contribution in [0.4, 0.5) is 5.82 Å². The molecule has 3 rings (SSSR count). The van der Waals surface area contributed by atoms with Gasteiger partial charge >= 0.3 is 5.69 Å². The Labute approximate surface area is 124 Å². The van der Waals surface area contributed by atoms with Crippen LogP contribution in [-0.2, 0) is 10.3 Å². The quantitative estimate of drug-likeness (QED) is 0.596. The number of ether oxygens (including phenoxy) is 1. The Bertz CT molecular complexity index is 717. The fraction of sp³-hybridized carbons (Fsp3) is 0.500. The molecule has 0 spiro atoms. The third-order valence-corrected chi connectivity index (χ3v) is 3.95. The van der Waals surface area contributed by atoms with E-state index in [0.717, 1.165) is 0 Å². The molecule has 10 nitrogen and oxygen atoms in total. The number of aliphatic hydroxyl groups is 2. The van der Waals surface area contributed by atoms with Gasteiger partial charge in [-0.3, -0.25) is 4.57 Å². The Kier molecular flexibility index (Phi) is 3.43. The molecule has 118 valence electrons. The maximum Gasteiger partial charge on any atom is 0.351 e. The Morgan fingerprint density at radius 1 is 1.50 bits per heavy atom. The summed E-state index contributed by atoms with van der Waals surface area (Å²) in [6.07, 6.45) is 1.52. The zero-order valence-corrected chi connectivity index (χ0v) is 11.8. The highest BCUT2D eigenvalue weighted by molar-refractivity contribution is 5.24. The van der Waals surface area contributed by atoms with Gasteiger partial charge in [0.15, 0.2) is 6.23 Å². The molecule has 1 aliphatic heterocycles. The van der Waals surface area contributed by atoms with Crippen molar-refractivity contribution in [3.8, 4) is 0 Å². The molecule has 0 bridgehead atoms.